The lowest BCUT2D eigenvalue weighted by Crippen LogP contribution is -2.06. The number of aromatic nitrogens is 3. The van der Waals surface area contributed by atoms with Crippen LogP contribution in [-0.4, -0.2) is 19.5 Å². The molecule has 1 N–H and O–H groups in total. The van der Waals surface area contributed by atoms with Gasteiger partial charge < -0.3 is 14.3 Å². The number of hydrogen-bond acceptors (Lipinski definition) is 7. The molecule has 0 radical (unpaired) electrons. The zero-order valence-corrected chi connectivity index (χ0v) is 19.1. The van der Waals surface area contributed by atoms with Gasteiger partial charge in [-0.15, -0.1) is 11.3 Å². The Morgan fingerprint density at radius 3 is 2.94 bits per heavy atom. The topological polar surface area (TPSA) is 89.9 Å². The second-order valence-electron chi connectivity index (χ2n) is 6.76. The standard InChI is InChI=1S/C21H13BrClN3O4S/c1-10-24-15(9-31-10)13-7-30-17-5-12(4-16(27)19(17)20(13)28)29-8-14-21(22)26-6-11(23)2-3-18(26)25-14/h2-7,9,27H,8H2,1H3. The summed E-state index contributed by atoms with van der Waals surface area (Å²) in [7, 11) is 0. The van der Waals surface area contributed by atoms with Crippen molar-refractivity contribution in [1.29, 1.82) is 0 Å². The number of aromatic hydroxyl groups is 1. The smallest absolute Gasteiger partial charge is 0.205 e. The number of phenols is 1. The number of nitrogens with zero attached hydrogens (tertiary/aromatic N) is 3. The predicted molar refractivity (Wildman–Crippen MR) is 122 cm³/mol. The van der Waals surface area contributed by atoms with Crippen molar-refractivity contribution in [1.82, 2.24) is 14.4 Å². The van der Waals surface area contributed by atoms with Crippen LogP contribution in [0.25, 0.3) is 27.9 Å². The molecule has 0 saturated heterocycles. The molecule has 0 aliphatic carbocycles. The minimum absolute atomic E-state index is 0.0825. The fourth-order valence-electron chi connectivity index (χ4n) is 3.24. The highest BCUT2D eigenvalue weighted by Crippen LogP contribution is 2.31. The predicted octanol–water partition coefficient (Wildman–Crippen LogP) is 5.57. The number of imidazole rings is 1. The van der Waals surface area contributed by atoms with Gasteiger partial charge in [-0.2, -0.15) is 0 Å². The second kappa shape index (κ2) is 7.67. The van der Waals surface area contributed by atoms with E-state index in [9.17, 15) is 9.90 Å². The monoisotopic (exact) mass is 517 g/mol. The fraction of sp³-hybridized carbons (Fsp3) is 0.0952. The van der Waals surface area contributed by atoms with Crippen LogP contribution in [0.2, 0.25) is 5.02 Å². The van der Waals surface area contributed by atoms with Gasteiger partial charge >= 0.3 is 0 Å². The van der Waals surface area contributed by atoms with Gasteiger partial charge in [0.25, 0.3) is 0 Å². The number of fused-ring (bicyclic) bond motifs is 2. The number of thiazole rings is 1. The first-order valence-corrected chi connectivity index (χ1v) is 11.1. The van der Waals surface area contributed by atoms with Gasteiger partial charge in [-0.25, -0.2) is 9.97 Å². The number of halogens is 2. The van der Waals surface area contributed by atoms with Crippen LogP contribution in [-0.2, 0) is 6.61 Å². The van der Waals surface area contributed by atoms with Gasteiger partial charge in [-0.1, -0.05) is 11.6 Å². The molecular weight excluding hydrogens is 506 g/mol. The molecule has 0 aliphatic heterocycles. The summed E-state index contributed by atoms with van der Waals surface area (Å²) in [6, 6.07) is 6.50. The van der Waals surface area contributed by atoms with E-state index in [1.807, 2.05) is 6.92 Å². The Labute approximate surface area is 192 Å². The SMILES string of the molecule is Cc1nc(-c2coc3cc(OCc4nc5ccc(Cl)cn5c4Br)cc(O)c3c2=O)cs1. The molecule has 0 amide bonds. The zero-order chi connectivity index (χ0) is 21.7. The molecule has 0 aliphatic rings. The molecular formula is C21H13BrClN3O4S. The average Bonchev–Trinajstić information content (AvgIpc) is 3.30. The lowest BCUT2D eigenvalue weighted by atomic mass is 10.1. The maximum absolute atomic E-state index is 12.9. The van der Waals surface area contributed by atoms with Crippen LogP contribution in [0.1, 0.15) is 10.7 Å². The van der Waals surface area contributed by atoms with E-state index in [1.54, 1.807) is 34.2 Å². The third kappa shape index (κ3) is 3.58. The van der Waals surface area contributed by atoms with Crippen LogP contribution in [0.3, 0.4) is 0 Å². The Kier molecular flexibility index (Phi) is 4.96. The number of pyridine rings is 1. The molecule has 31 heavy (non-hydrogen) atoms. The van der Waals surface area contributed by atoms with Crippen molar-refractivity contribution in [3.63, 3.8) is 0 Å². The summed E-state index contributed by atoms with van der Waals surface area (Å²) < 4.78 is 14.0. The fourth-order valence-corrected chi connectivity index (χ4v) is 4.50. The van der Waals surface area contributed by atoms with E-state index < -0.39 is 0 Å². The van der Waals surface area contributed by atoms with Crippen molar-refractivity contribution in [2.75, 3.05) is 0 Å². The molecule has 7 nitrogen and oxygen atoms in total. The third-order valence-corrected chi connectivity index (χ3v) is 6.53. The first kappa shape index (κ1) is 20.0. The summed E-state index contributed by atoms with van der Waals surface area (Å²) in [6.07, 6.45) is 3.10. The molecule has 0 atom stereocenters. The maximum Gasteiger partial charge on any atom is 0.205 e. The van der Waals surface area contributed by atoms with Crippen molar-refractivity contribution in [3.05, 3.63) is 72.7 Å². The lowest BCUT2D eigenvalue weighted by molar-refractivity contribution is 0.299. The van der Waals surface area contributed by atoms with Crippen LogP contribution in [0.15, 0.2) is 55.9 Å². The Morgan fingerprint density at radius 2 is 2.16 bits per heavy atom. The van der Waals surface area contributed by atoms with E-state index in [2.05, 4.69) is 25.9 Å². The van der Waals surface area contributed by atoms with Gasteiger partial charge in [0.05, 0.1) is 21.3 Å². The Hall–Kier alpha value is -2.88. The summed E-state index contributed by atoms with van der Waals surface area (Å²) in [6.45, 7) is 1.99. The van der Waals surface area contributed by atoms with E-state index in [0.29, 0.717) is 38.0 Å². The van der Waals surface area contributed by atoms with Gasteiger partial charge in [0.2, 0.25) is 5.43 Å². The van der Waals surface area contributed by atoms with Crippen LogP contribution in [0, 0.1) is 6.92 Å². The zero-order valence-electron chi connectivity index (χ0n) is 15.9. The largest absolute Gasteiger partial charge is 0.507 e. The number of rotatable bonds is 4. The van der Waals surface area contributed by atoms with Crippen LogP contribution in [0.5, 0.6) is 11.5 Å². The van der Waals surface area contributed by atoms with Gasteiger partial charge in [0.1, 0.15) is 51.3 Å². The second-order valence-corrected chi connectivity index (χ2v) is 9.01. The van der Waals surface area contributed by atoms with E-state index in [4.69, 9.17) is 20.8 Å². The minimum Gasteiger partial charge on any atom is -0.507 e. The summed E-state index contributed by atoms with van der Waals surface area (Å²) in [5.41, 5.74) is 2.06. The molecule has 4 aromatic heterocycles. The Bertz CT molecular complexity index is 1520. The first-order chi connectivity index (χ1) is 14.9. The molecule has 0 bridgehead atoms. The van der Waals surface area contributed by atoms with Crippen LogP contribution < -0.4 is 10.2 Å². The van der Waals surface area contributed by atoms with E-state index in [-0.39, 0.29) is 28.8 Å². The summed E-state index contributed by atoms with van der Waals surface area (Å²) in [5.74, 6) is 0.114. The van der Waals surface area contributed by atoms with Gasteiger partial charge in [-0.05, 0) is 35.0 Å². The Morgan fingerprint density at radius 1 is 1.32 bits per heavy atom. The number of phenolic OH excluding ortho intramolecular Hbond substituents is 1. The normalized spacial score (nSPS) is 11.5. The van der Waals surface area contributed by atoms with Crippen molar-refractivity contribution < 1.29 is 14.3 Å². The number of ether oxygens (including phenoxy) is 1. The van der Waals surface area contributed by atoms with Crippen molar-refractivity contribution in [3.8, 4) is 22.8 Å². The molecule has 5 rings (SSSR count). The van der Waals surface area contributed by atoms with E-state index >= 15 is 0 Å². The molecule has 0 saturated carbocycles. The summed E-state index contributed by atoms with van der Waals surface area (Å²) >= 11 is 11.0. The van der Waals surface area contributed by atoms with Crippen LogP contribution in [0.4, 0.5) is 0 Å². The Balaban J connectivity index is 1.48. The van der Waals surface area contributed by atoms with Gasteiger partial charge in [0.15, 0.2) is 0 Å². The molecule has 5 aromatic rings. The van der Waals surface area contributed by atoms with Gasteiger partial charge in [-0.3, -0.25) is 9.20 Å². The minimum atomic E-state index is -0.351. The molecule has 10 heteroatoms. The third-order valence-electron chi connectivity index (χ3n) is 4.69. The van der Waals surface area contributed by atoms with Crippen molar-refractivity contribution in [2.24, 2.45) is 0 Å². The molecule has 0 unspecified atom stereocenters. The van der Waals surface area contributed by atoms with Crippen molar-refractivity contribution in [2.45, 2.75) is 13.5 Å². The first-order valence-electron chi connectivity index (χ1n) is 9.06. The summed E-state index contributed by atoms with van der Waals surface area (Å²) in [4.78, 5) is 21.7. The van der Waals surface area contributed by atoms with E-state index in [0.717, 1.165) is 5.01 Å². The van der Waals surface area contributed by atoms with E-state index in [1.165, 1.54) is 23.7 Å². The highest BCUT2D eigenvalue weighted by molar-refractivity contribution is 9.10. The molecule has 1 aromatic carbocycles. The molecule has 0 spiro atoms. The molecule has 4 heterocycles. The number of aryl methyl sites for hydroxylation is 1. The number of hydrogen-bond donors (Lipinski definition) is 1. The molecule has 156 valence electrons. The lowest BCUT2D eigenvalue weighted by Gasteiger charge is -2.08. The summed E-state index contributed by atoms with van der Waals surface area (Å²) in [5, 5.41) is 13.8. The highest BCUT2D eigenvalue weighted by atomic mass is 79.9. The van der Waals surface area contributed by atoms with Gasteiger partial charge in [0, 0.05) is 23.7 Å². The van der Waals surface area contributed by atoms with Crippen molar-refractivity contribution >= 4 is 55.5 Å². The number of benzene rings is 1. The quantitative estimate of drug-likeness (QED) is 0.334. The van der Waals surface area contributed by atoms with Crippen LogP contribution >= 0.6 is 38.9 Å². The highest BCUT2D eigenvalue weighted by Gasteiger charge is 2.17. The maximum atomic E-state index is 12.9. The molecule has 0 fully saturated rings. The average molecular weight is 519 g/mol.